The molecule has 2 heterocycles. The van der Waals surface area contributed by atoms with Crippen LogP contribution in [0.4, 0.5) is 24.7 Å². The van der Waals surface area contributed by atoms with Gasteiger partial charge in [0, 0.05) is 28.2 Å². The van der Waals surface area contributed by atoms with Crippen molar-refractivity contribution in [3.05, 3.63) is 102 Å². The van der Waals surface area contributed by atoms with E-state index in [1.807, 2.05) is 24.3 Å². The van der Waals surface area contributed by atoms with E-state index >= 15 is 0 Å². The lowest BCUT2D eigenvalue weighted by atomic mass is 10.0. The largest absolute Gasteiger partial charge is 0.573 e. The second-order valence-corrected chi connectivity index (χ2v) is 10.5. The molecule has 8 nitrogen and oxygen atoms in total. The highest BCUT2D eigenvalue weighted by molar-refractivity contribution is 7.89. The van der Waals surface area contributed by atoms with Crippen molar-refractivity contribution < 1.29 is 26.3 Å². The third kappa shape index (κ3) is 6.19. The molecule has 0 aliphatic carbocycles. The Morgan fingerprint density at radius 1 is 0.875 bits per heavy atom. The Morgan fingerprint density at radius 2 is 1.60 bits per heavy atom. The van der Waals surface area contributed by atoms with Gasteiger partial charge in [0.1, 0.15) is 11.4 Å². The third-order valence-electron chi connectivity index (χ3n) is 5.96. The molecule has 2 aromatic heterocycles. The van der Waals surface area contributed by atoms with Crippen LogP contribution in [0.5, 0.6) is 5.75 Å². The number of aromatic nitrogens is 3. The van der Waals surface area contributed by atoms with Crippen LogP contribution in [0.15, 0.2) is 96.0 Å². The zero-order chi connectivity index (χ0) is 28.3. The highest BCUT2D eigenvalue weighted by atomic mass is 32.2. The number of pyridine rings is 1. The minimum Gasteiger partial charge on any atom is -0.406 e. The average molecular weight is 566 g/mol. The predicted molar refractivity (Wildman–Crippen MR) is 144 cm³/mol. The quantitative estimate of drug-likeness (QED) is 0.233. The van der Waals surface area contributed by atoms with E-state index in [0.29, 0.717) is 44.8 Å². The second-order valence-electron chi connectivity index (χ2n) is 8.77. The molecule has 0 unspecified atom stereocenters. The molecule has 0 atom stereocenters. The zero-order valence-corrected chi connectivity index (χ0v) is 21.8. The summed E-state index contributed by atoms with van der Waals surface area (Å²) in [5.41, 5.74) is 2.64. The lowest BCUT2D eigenvalue weighted by molar-refractivity contribution is -0.274. The van der Waals surface area contributed by atoms with Crippen molar-refractivity contribution in [2.45, 2.75) is 24.7 Å². The maximum Gasteiger partial charge on any atom is 0.573 e. The summed E-state index contributed by atoms with van der Waals surface area (Å²) in [5, 5.41) is 13.1. The minimum absolute atomic E-state index is 0.0409. The summed E-state index contributed by atoms with van der Waals surface area (Å²) in [6.07, 6.45) is -3.19. The normalized spacial score (nSPS) is 11.9. The summed E-state index contributed by atoms with van der Waals surface area (Å²) >= 11 is 0. The van der Waals surface area contributed by atoms with Gasteiger partial charge in [0.2, 0.25) is 10.0 Å². The van der Waals surface area contributed by atoms with Crippen molar-refractivity contribution in [2.75, 3.05) is 5.32 Å². The van der Waals surface area contributed by atoms with Crippen LogP contribution in [0.3, 0.4) is 0 Å². The molecule has 5 rings (SSSR count). The van der Waals surface area contributed by atoms with Crippen molar-refractivity contribution in [2.24, 2.45) is 0 Å². The molecule has 0 amide bonds. The fourth-order valence-corrected chi connectivity index (χ4v) is 5.34. The Labute approximate surface area is 227 Å². The molecule has 5 aromatic rings. The monoisotopic (exact) mass is 565 g/mol. The first-order valence-electron chi connectivity index (χ1n) is 12.0. The first-order chi connectivity index (χ1) is 19.1. The second kappa shape index (κ2) is 10.9. The van der Waals surface area contributed by atoms with Gasteiger partial charge >= 0.3 is 6.36 Å². The van der Waals surface area contributed by atoms with Gasteiger partial charge in [-0.25, -0.2) is 13.1 Å². The maximum absolute atomic E-state index is 13.2. The van der Waals surface area contributed by atoms with Crippen molar-refractivity contribution in [3.63, 3.8) is 0 Å². The Morgan fingerprint density at radius 3 is 2.30 bits per heavy atom. The number of aryl methyl sites for hydroxylation is 1. The molecule has 0 aliphatic rings. The Kier molecular flexibility index (Phi) is 7.37. The van der Waals surface area contributed by atoms with E-state index in [4.69, 9.17) is 0 Å². The summed E-state index contributed by atoms with van der Waals surface area (Å²) < 4.78 is 70.3. The summed E-state index contributed by atoms with van der Waals surface area (Å²) in [5.74, 6) is 0.0322. The summed E-state index contributed by atoms with van der Waals surface area (Å²) in [6, 6.07) is 22.8. The third-order valence-corrected chi connectivity index (χ3v) is 7.50. The van der Waals surface area contributed by atoms with Gasteiger partial charge in [-0.2, -0.15) is 0 Å². The number of ether oxygens (including phenoxy) is 1. The molecule has 0 saturated heterocycles. The van der Waals surface area contributed by atoms with Crippen LogP contribution in [0.1, 0.15) is 11.3 Å². The fourth-order valence-electron chi connectivity index (χ4n) is 4.07. The summed E-state index contributed by atoms with van der Waals surface area (Å²) in [6.45, 7) is 1.75. The van der Waals surface area contributed by atoms with Crippen LogP contribution >= 0.6 is 0 Å². The van der Waals surface area contributed by atoms with E-state index < -0.39 is 16.4 Å². The molecule has 0 spiro atoms. The number of hydrogen-bond donors (Lipinski definition) is 2. The molecular weight excluding hydrogens is 543 g/mol. The van der Waals surface area contributed by atoms with Gasteiger partial charge in [-0.1, -0.05) is 42.5 Å². The lowest BCUT2D eigenvalue weighted by Gasteiger charge is -2.14. The standard InChI is InChI=1S/C28H22F3N5O3S/c1-18-9-10-19(16-25(18)40(37,38)33-17-21-6-4-5-15-32-21)26-23-7-2-3-8-24(23)27(36-35-26)34-20-11-13-22(14-12-20)39-28(29,30)31/h2-16,33H,17H2,1H3,(H,34,36). The van der Waals surface area contributed by atoms with Crippen molar-refractivity contribution in [1.82, 2.24) is 19.9 Å². The number of alkyl halides is 3. The van der Waals surface area contributed by atoms with Crippen molar-refractivity contribution in [3.8, 4) is 17.0 Å². The number of nitrogens with one attached hydrogen (secondary N) is 2. The number of rotatable bonds is 8. The number of hydrogen-bond acceptors (Lipinski definition) is 7. The predicted octanol–water partition coefficient (Wildman–Crippen LogP) is 6.12. The van der Waals surface area contributed by atoms with Crippen LogP contribution in [-0.2, 0) is 16.6 Å². The first kappa shape index (κ1) is 27.0. The van der Waals surface area contributed by atoms with Crippen LogP contribution < -0.4 is 14.8 Å². The molecule has 12 heteroatoms. The van der Waals surface area contributed by atoms with Crippen molar-refractivity contribution >= 4 is 32.3 Å². The maximum atomic E-state index is 13.2. The van der Waals surface area contributed by atoms with E-state index in [1.165, 1.54) is 24.3 Å². The number of benzene rings is 3. The molecule has 0 aliphatic heterocycles. The Bertz CT molecular complexity index is 1760. The first-order valence-corrected chi connectivity index (χ1v) is 13.5. The number of sulfonamides is 1. The van der Waals surface area contributed by atoms with Gasteiger partial charge in [-0.3, -0.25) is 4.98 Å². The zero-order valence-electron chi connectivity index (χ0n) is 21.0. The molecule has 204 valence electrons. The molecule has 3 aromatic carbocycles. The van der Waals surface area contributed by atoms with E-state index in [9.17, 15) is 21.6 Å². The van der Waals surface area contributed by atoms with Crippen LogP contribution in [0.2, 0.25) is 0 Å². The highest BCUT2D eigenvalue weighted by Crippen LogP contribution is 2.33. The smallest absolute Gasteiger partial charge is 0.406 e. The Balaban J connectivity index is 1.45. The highest BCUT2D eigenvalue weighted by Gasteiger charge is 2.31. The van der Waals surface area contributed by atoms with Gasteiger partial charge in [-0.15, -0.1) is 23.4 Å². The van der Waals surface area contributed by atoms with Crippen LogP contribution in [0, 0.1) is 6.92 Å². The molecule has 40 heavy (non-hydrogen) atoms. The topological polar surface area (TPSA) is 106 Å². The average Bonchev–Trinajstić information content (AvgIpc) is 2.93. The number of nitrogens with zero attached hydrogens (tertiary/aromatic N) is 3. The summed E-state index contributed by atoms with van der Waals surface area (Å²) in [7, 11) is -3.87. The molecule has 0 saturated carbocycles. The van der Waals surface area contributed by atoms with E-state index in [2.05, 4.69) is 30.0 Å². The van der Waals surface area contributed by atoms with Crippen LogP contribution in [0.25, 0.3) is 22.0 Å². The van der Waals surface area contributed by atoms with E-state index in [0.717, 1.165) is 0 Å². The van der Waals surface area contributed by atoms with Gasteiger partial charge in [0.25, 0.3) is 0 Å². The van der Waals surface area contributed by atoms with Gasteiger partial charge in [0.15, 0.2) is 5.82 Å². The van der Waals surface area contributed by atoms with E-state index in [1.54, 1.807) is 49.5 Å². The van der Waals surface area contributed by atoms with Crippen molar-refractivity contribution in [1.29, 1.82) is 0 Å². The summed E-state index contributed by atoms with van der Waals surface area (Å²) in [4.78, 5) is 4.26. The molecule has 0 radical (unpaired) electrons. The SMILES string of the molecule is Cc1ccc(-c2nnc(Nc3ccc(OC(F)(F)F)cc3)c3ccccc23)cc1S(=O)(=O)NCc1ccccn1. The Hall–Kier alpha value is -4.55. The molecule has 0 fully saturated rings. The van der Waals surface area contributed by atoms with E-state index in [-0.39, 0.29) is 17.2 Å². The minimum atomic E-state index is -4.78. The number of halogens is 3. The molecule has 0 bridgehead atoms. The lowest BCUT2D eigenvalue weighted by Crippen LogP contribution is -2.24. The fraction of sp³-hybridized carbons (Fsp3) is 0.107. The van der Waals surface area contributed by atoms with Crippen LogP contribution in [-0.4, -0.2) is 30.0 Å². The molecular formula is C28H22F3N5O3S. The number of fused-ring (bicyclic) bond motifs is 1. The molecule has 2 N–H and O–H groups in total. The number of anilines is 2. The van der Waals surface area contributed by atoms with Gasteiger partial charge in [0.05, 0.1) is 17.1 Å². The van der Waals surface area contributed by atoms with Gasteiger partial charge in [-0.05, 0) is 55.0 Å². The van der Waals surface area contributed by atoms with Gasteiger partial charge < -0.3 is 10.1 Å².